The predicted molar refractivity (Wildman–Crippen MR) is 57.6 cm³/mol. The normalized spacial score (nSPS) is 24.2. The van der Waals surface area contributed by atoms with E-state index in [0.29, 0.717) is 24.3 Å². The molecule has 2 nitrogen and oxygen atoms in total. The molecule has 1 aliphatic rings. The summed E-state index contributed by atoms with van der Waals surface area (Å²) in [7, 11) is 0. The maximum atomic E-state index is 11.4. The average Bonchev–Trinajstić information content (AvgIpc) is 2.42. The Kier molecular flexibility index (Phi) is 3.57. The number of carbonyl (C=O) groups is 1. The minimum atomic E-state index is 0.102. The van der Waals surface area contributed by atoms with E-state index in [1.807, 2.05) is 0 Å². The Balaban J connectivity index is 2.26. The molecule has 2 heteroatoms. The van der Waals surface area contributed by atoms with Crippen LogP contribution in [0.5, 0.6) is 0 Å². The Bertz CT molecular complexity index is 250. The van der Waals surface area contributed by atoms with Gasteiger partial charge in [0.1, 0.15) is 0 Å². The highest BCUT2D eigenvalue weighted by Crippen LogP contribution is 2.36. The van der Waals surface area contributed by atoms with E-state index in [0.717, 1.165) is 12.8 Å². The quantitative estimate of drug-likeness (QED) is 0.683. The Morgan fingerprint density at radius 2 is 2.36 bits per heavy atom. The lowest BCUT2D eigenvalue weighted by atomic mass is 9.92. The molecule has 1 amide bonds. The number of hydrogen-bond acceptors (Lipinski definition) is 1. The molecule has 1 saturated carbocycles. The van der Waals surface area contributed by atoms with Gasteiger partial charge in [-0.25, -0.2) is 0 Å². The Morgan fingerprint density at radius 1 is 1.64 bits per heavy atom. The first kappa shape index (κ1) is 11.1. The first-order valence-electron chi connectivity index (χ1n) is 5.26. The molecule has 0 saturated heterocycles. The van der Waals surface area contributed by atoms with Crippen LogP contribution in [-0.4, -0.2) is 11.9 Å². The lowest BCUT2D eigenvalue weighted by Gasteiger charge is -2.17. The van der Waals surface area contributed by atoms with Crippen molar-refractivity contribution in [3.05, 3.63) is 0 Å². The molecule has 1 aliphatic carbocycles. The fraction of sp³-hybridized carbons (Fsp3) is 0.750. The van der Waals surface area contributed by atoms with Crippen molar-refractivity contribution in [1.82, 2.24) is 5.32 Å². The summed E-state index contributed by atoms with van der Waals surface area (Å²) in [6.45, 7) is 4.50. The number of hydrogen-bond donors (Lipinski definition) is 1. The molecular formula is C12H19NO. The summed E-state index contributed by atoms with van der Waals surface area (Å²) >= 11 is 0. The molecule has 0 heterocycles. The van der Waals surface area contributed by atoms with Gasteiger partial charge in [0.2, 0.25) is 5.91 Å². The molecule has 0 radical (unpaired) electrons. The van der Waals surface area contributed by atoms with Gasteiger partial charge in [0, 0.05) is 18.9 Å². The van der Waals surface area contributed by atoms with E-state index in [2.05, 4.69) is 25.1 Å². The van der Waals surface area contributed by atoms with Gasteiger partial charge in [0.15, 0.2) is 0 Å². The fourth-order valence-corrected chi connectivity index (χ4v) is 2.04. The molecule has 0 bridgehead atoms. The highest BCUT2D eigenvalue weighted by Gasteiger charge is 2.31. The molecule has 14 heavy (non-hydrogen) atoms. The summed E-state index contributed by atoms with van der Waals surface area (Å²) in [4.78, 5) is 11.4. The molecule has 0 aliphatic heterocycles. The Morgan fingerprint density at radius 3 is 2.86 bits per heavy atom. The van der Waals surface area contributed by atoms with Crippen LogP contribution in [0, 0.1) is 17.8 Å². The van der Waals surface area contributed by atoms with Gasteiger partial charge in [-0.2, -0.15) is 0 Å². The van der Waals surface area contributed by atoms with Gasteiger partial charge in [0.05, 0.1) is 0 Å². The maximum absolute atomic E-state index is 11.4. The van der Waals surface area contributed by atoms with Gasteiger partial charge < -0.3 is 5.32 Å². The number of nitrogens with one attached hydrogen (secondary N) is 1. The van der Waals surface area contributed by atoms with Crippen molar-refractivity contribution in [3.63, 3.8) is 0 Å². The minimum Gasteiger partial charge on any atom is -0.353 e. The SMILES string of the molecule is C#CCCC(=O)NC1CCC(C)(C)C1. The lowest BCUT2D eigenvalue weighted by Crippen LogP contribution is -2.33. The Hall–Kier alpha value is -0.970. The molecule has 1 N–H and O–H groups in total. The topological polar surface area (TPSA) is 29.1 Å². The largest absolute Gasteiger partial charge is 0.353 e. The van der Waals surface area contributed by atoms with E-state index in [9.17, 15) is 4.79 Å². The second kappa shape index (κ2) is 4.50. The van der Waals surface area contributed by atoms with E-state index in [4.69, 9.17) is 6.42 Å². The van der Waals surface area contributed by atoms with Gasteiger partial charge in [0.25, 0.3) is 0 Å². The number of carbonyl (C=O) groups excluding carboxylic acids is 1. The zero-order valence-electron chi connectivity index (χ0n) is 9.10. The second-order valence-electron chi connectivity index (χ2n) is 4.88. The zero-order valence-corrected chi connectivity index (χ0v) is 9.10. The van der Waals surface area contributed by atoms with Crippen LogP contribution < -0.4 is 5.32 Å². The number of rotatable bonds is 3. The third kappa shape index (κ3) is 3.41. The highest BCUT2D eigenvalue weighted by molar-refractivity contribution is 5.76. The van der Waals surface area contributed by atoms with Crippen LogP contribution in [0.25, 0.3) is 0 Å². The van der Waals surface area contributed by atoms with Gasteiger partial charge >= 0.3 is 0 Å². The molecule has 1 rings (SSSR count). The highest BCUT2D eigenvalue weighted by atomic mass is 16.1. The van der Waals surface area contributed by atoms with E-state index in [1.165, 1.54) is 6.42 Å². The van der Waals surface area contributed by atoms with Crippen LogP contribution in [0.2, 0.25) is 0 Å². The predicted octanol–water partition coefficient (Wildman–Crippen LogP) is 2.09. The summed E-state index contributed by atoms with van der Waals surface area (Å²) in [5.74, 6) is 2.58. The molecule has 0 spiro atoms. The summed E-state index contributed by atoms with van der Waals surface area (Å²) in [6.07, 6.45) is 9.51. The lowest BCUT2D eigenvalue weighted by molar-refractivity contribution is -0.121. The van der Waals surface area contributed by atoms with E-state index in [-0.39, 0.29) is 5.91 Å². The van der Waals surface area contributed by atoms with Gasteiger partial charge in [-0.05, 0) is 24.7 Å². The summed E-state index contributed by atoms with van der Waals surface area (Å²) in [5.41, 5.74) is 0.393. The van der Waals surface area contributed by atoms with Crippen molar-refractivity contribution in [1.29, 1.82) is 0 Å². The van der Waals surface area contributed by atoms with E-state index in [1.54, 1.807) is 0 Å². The van der Waals surface area contributed by atoms with Crippen molar-refractivity contribution in [3.8, 4) is 12.3 Å². The molecule has 0 aromatic rings. The second-order valence-corrected chi connectivity index (χ2v) is 4.88. The summed E-state index contributed by atoms with van der Waals surface area (Å²) in [6, 6.07) is 0.371. The van der Waals surface area contributed by atoms with Crippen LogP contribution in [0.3, 0.4) is 0 Å². The van der Waals surface area contributed by atoms with Gasteiger partial charge in [-0.1, -0.05) is 13.8 Å². The first-order valence-corrected chi connectivity index (χ1v) is 5.26. The summed E-state index contributed by atoms with van der Waals surface area (Å²) in [5, 5.41) is 3.03. The van der Waals surface area contributed by atoms with Gasteiger partial charge in [-0.15, -0.1) is 12.3 Å². The molecule has 1 atom stereocenters. The van der Waals surface area contributed by atoms with E-state index >= 15 is 0 Å². The third-order valence-electron chi connectivity index (χ3n) is 2.83. The standard InChI is InChI=1S/C12H19NO/c1-4-5-6-11(14)13-10-7-8-12(2,3)9-10/h1,10H,5-9H2,2-3H3,(H,13,14). The fourth-order valence-electron chi connectivity index (χ4n) is 2.04. The molecule has 0 aromatic carbocycles. The van der Waals surface area contributed by atoms with Crippen molar-refractivity contribution < 1.29 is 4.79 Å². The average molecular weight is 193 g/mol. The Labute approximate surface area is 86.5 Å². The monoisotopic (exact) mass is 193 g/mol. The molecule has 0 aromatic heterocycles. The zero-order chi connectivity index (χ0) is 10.6. The molecule has 1 fully saturated rings. The number of amides is 1. The molecular weight excluding hydrogens is 174 g/mol. The number of terminal acetylenes is 1. The van der Waals surface area contributed by atoms with Gasteiger partial charge in [-0.3, -0.25) is 4.79 Å². The minimum absolute atomic E-state index is 0.102. The maximum Gasteiger partial charge on any atom is 0.221 e. The molecule has 78 valence electrons. The van der Waals surface area contributed by atoms with Crippen LogP contribution in [0.15, 0.2) is 0 Å². The van der Waals surface area contributed by atoms with Crippen molar-refractivity contribution in [2.24, 2.45) is 5.41 Å². The first-order chi connectivity index (χ1) is 6.53. The van der Waals surface area contributed by atoms with Crippen LogP contribution in [0.1, 0.15) is 46.0 Å². The van der Waals surface area contributed by atoms with Crippen LogP contribution >= 0.6 is 0 Å². The summed E-state index contributed by atoms with van der Waals surface area (Å²) < 4.78 is 0. The smallest absolute Gasteiger partial charge is 0.221 e. The van der Waals surface area contributed by atoms with E-state index < -0.39 is 0 Å². The van der Waals surface area contributed by atoms with Crippen LogP contribution in [0.4, 0.5) is 0 Å². The van der Waals surface area contributed by atoms with Crippen LogP contribution in [-0.2, 0) is 4.79 Å². The molecule has 1 unspecified atom stereocenters. The van der Waals surface area contributed by atoms with Crippen molar-refractivity contribution in [2.75, 3.05) is 0 Å². The van der Waals surface area contributed by atoms with Crippen molar-refractivity contribution in [2.45, 2.75) is 52.0 Å². The third-order valence-corrected chi connectivity index (χ3v) is 2.83. The van der Waals surface area contributed by atoms with Crippen molar-refractivity contribution >= 4 is 5.91 Å².